The van der Waals surface area contributed by atoms with Gasteiger partial charge < -0.3 is 14.2 Å². The van der Waals surface area contributed by atoms with E-state index in [1.807, 2.05) is 31.2 Å². The molecule has 2 atom stereocenters. The van der Waals surface area contributed by atoms with E-state index in [2.05, 4.69) is 6.92 Å². The minimum atomic E-state index is -0.774. The van der Waals surface area contributed by atoms with Crippen LogP contribution >= 0.6 is 0 Å². The highest BCUT2D eigenvalue weighted by Gasteiger charge is 2.33. The lowest BCUT2D eigenvalue weighted by Gasteiger charge is -2.37. The number of hydrogen-bond acceptors (Lipinski definition) is 3. The van der Waals surface area contributed by atoms with Gasteiger partial charge in [0.15, 0.2) is 17.9 Å². The van der Waals surface area contributed by atoms with Crippen molar-refractivity contribution in [2.75, 3.05) is 19.8 Å². The van der Waals surface area contributed by atoms with Crippen LogP contribution in [0.15, 0.2) is 36.4 Å². The second-order valence-corrected chi connectivity index (χ2v) is 9.11. The number of halogens is 2. The molecule has 0 saturated carbocycles. The van der Waals surface area contributed by atoms with Crippen LogP contribution in [0, 0.1) is 17.6 Å². The summed E-state index contributed by atoms with van der Waals surface area (Å²) in [6.45, 7) is 6.09. The molecule has 0 amide bonds. The fourth-order valence-electron chi connectivity index (χ4n) is 4.81. The van der Waals surface area contributed by atoms with E-state index in [4.69, 9.17) is 14.2 Å². The van der Waals surface area contributed by atoms with Crippen LogP contribution in [0.2, 0.25) is 0 Å². The zero-order chi connectivity index (χ0) is 22.5. The van der Waals surface area contributed by atoms with E-state index in [-0.39, 0.29) is 18.3 Å². The van der Waals surface area contributed by atoms with Gasteiger partial charge in [-0.05, 0) is 48.3 Å². The third-order valence-corrected chi connectivity index (χ3v) is 6.70. The Bertz CT molecular complexity index is 867. The summed E-state index contributed by atoms with van der Waals surface area (Å²) in [5, 5.41) is 0. The van der Waals surface area contributed by atoms with Crippen LogP contribution < -0.4 is 0 Å². The minimum Gasteiger partial charge on any atom is -0.373 e. The van der Waals surface area contributed by atoms with Crippen LogP contribution in [0.5, 0.6) is 0 Å². The average molecular weight is 445 g/mol. The first-order chi connectivity index (χ1) is 15.6. The summed E-state index contributed by atoms with van der Waals surface area (Å²) in [7, 11) is 0. The molecular formula is C27H34F2O3. The highest BCUT2D eigenvalue weighted by Crippen LogP contribution is 2.32. The van der Waals surface area contributed by atoms with Crippen LogP contribution in [0.25, 0.3) is 11.1 Å². The third kappa shape index (κ3) is 5.22. The van der Waals surface area contributed by atoms with Gasteiger partial charge in [0.25, 0.3) is 0 Å². The van der Waals surface area contributed by atoms with Gasteiger partial charge in [-0.1, -0.05) is 63.1 Å². The molecule has 2 fully saturated rings. The molecular weight excluding hydrogens is 410 g/mol. The van der Waals surface area contributed by atoms with Crippen LogP contribution in [0.3, 0.4) is 0 Å². The molecule has 0 aliphatic carbocycles. The molecule has 0 radical (unpaired) electrons. The quantitative estimate of drug-likeness (QED) is 0.479. The molecule has 0 N–H and O–H groups in total. The molecule has 2 aromatic carbocycles. The molecule has 2 aliphatic heterocycles. The summed E-state index contributed by atoms with van der Waals surface area (Å²) >= 11 is 0. The first kappa shape index (κ1) is 23.3. The molecule has 32 heavy (non-hydrogen) atoms. The van der Waals surface area contributed by atoms with Crippen molar-refractivity contribution in [3.63, 3.8) is 0 Å². The Balaban J connectivity index is 1.34. The maximum Gasteiger partial charge on any atom is 0.183 e. The van der Waals surface area contributed by atoms with Crippen molar-refractivity contribution in [2.45, 2.75) is 70.7 Å². The van der Waals surface area contributed by atoms with Crippen LogP contribution in [-0.2, 0) is 20.6 Å². The largest absolute Gasteiger partial charge is 0.373 e. The first-order valence-corrected chi connectivity index (χ1v) is 12.0. The zero-order valence-electron chi connectivity index (χ0n) is 19.1. The number of benzene rings is 2. The Morgan fingerprint density at radius 1 is 0.812 bits per heavy atom. The maximum atomic E-state index is 14.6. The maximum absolute atomic E-state index is 14.6. The monoisotopic (exact) mass is 444 g/mol. The number of hydrogen-bond donors (Lipinski definition) is 0. The van der Waals surface area contributed by atoms with Crippen LogP contribution in [0.1, 0.15) is 63.0 Å². The molecule has 3 nitrogen and oxygen atoms in total. The van der Waals surface area contributed by atoms with Crippen molar-refractivity contribution in [2.24, 2.45) is 5.92 Å². The molecule has 5 heteroatoms. The fourth-order valence-corrected chi connectivity index (χ4v) is 4.81. The third-order valence-electron chi connectivity index (χ3n) is 6.70. The van der Waals surface area contributed by atoms with Crippen LogP contribution in [0.4, 0.5) is 8.78 Å². The van der Waals surface area contributed by atoms with Gasteiger partial charge in [0.2, 0.25) is 0 Å². The summed E-state index contributed by atoms with van der Waals surface area (Å²) in [4.78, 5) is 0. The highest BCUT2D eigenvalue weighted by atomic mass is 19.2. The van der Waals surface area contributed by atoms with E-state index in [1.54, 1.807) is 12.1 Å². The predicted octanol–water partition coefficient (Wildman–Crippen LogP) is 6.64. The normalized spacial score (nSPS) is 26.2. The Morgan fingerprint density at radius 3 is 2.19 bits per heavy atom. The van der Waals surface area contributed by atoms with Crippen molar-refractivity contribution in [3.8, 4) is 11.1 Å². The summed E-state index contributed by atoms with van der Waals surface area (Å²) in [6.07, 6.45) is 5.60. The minimum absolute atomic E-state index is 0.0139. The van der Waals surface area contributed by atoms with E-state index in [1.165, 1.54) is 19.3 Å². The number of rotatable bonds is 7. The summed E-state index contributed by atoms with van der Waals surface area (Å²) in [5.41, 5.74) is 2.46. The topological polar surface area (TPSA) is 27.7 Å². The van der Waals surface area contributed by atoms with Gasteiger partial charge >= 0.3 is 0 Å². The Labute approximate surface area is 190 Å². The zero-order valence-corrected chi connectivity index (χ0v) is 19.1. The molecule has 0 bridgehead atoms. The van der Waals surface area contributed by atoms with Gasteiger partial charge in [-0.2, -0.15) is 0 Å². The standard InChI is InChI=1S/C27H34F2O3/c1-3-5-18-7-14-24(30-15-18)27-31-16-22(17-32-27)19-8-10-20(11-9-19)23-13-12-21(6-4-2)25(28)26(23)29/h8-13,18,22,24,27H,3-7,14-17H2,1-2H3. The fraction of sp³-hybridized carbons (Fsp3) is 0.556. The van der Waals surface area contributed by atoms with E-state index >= 15 is 0 Å². The van der Waals surface area contributed by atoms with Gasteiger partial charge in [0.1, 0.15) is 6.10 Å². The smallest absolute Gasteiger partial charge is 0.183 e. The Morgan fingerprint density at radius 2 is 1.56 bits per heavy atom. The molecule has 2 heterocycles. The second kappa shape index (κ2) is 10.9. The molecule has 0 spiro atoms. The molecule has 0 aromatic heterocycles. The van der Waals surface area contributed by atoms with E-state index in [0.29, 0.717) is 42.2 Å². The summed E-state index contributed by atoms with van der Waals surface area (Å²) < 4.78 is 47.0. The Kier molecular flexibility index (Phi) is 7.93. The lowest BCUT2D eigenvalue weighted by Crippen LogP contribution is -2.43. The van der Waals surface area contributed by atoms with Gasteiger partial charge in [-0.15, -0.1) is 0 Å². The molecule has 174 valence electrons. The van der Waals surface area contributed by atoms with E-state index in [9.17, 15) is 8.78 Å². The number of aryl methyl sites for hydroxylation is 1. The van der Waals surface area contributed by atoms with Crippen molar-refractivity contribution < 1.29 is 23.0 Å². The molecule has 4 rings (SSSR count). The predicted molar refractivity (Wildman–Crippen MR) is 122 cm³/mol. The van der Waals surface area contributed by atoms with Gasteiger partial charge in [-0.3, -0.25) is 0 Å². The van der Waals surface area contributed by atoms with Crippen molar-refractivity contribution in [1.29, 1.82) is 0 Å². The summed E-state index contributed by atoms with van der Waals surface area (Å²) in [5.74, 6) is -0.735. The molecule has 2 aromatic rings. The first-order valence-electron chi connectivity index (χ1n) is 12.0. The molecule has 2 saturated heterocycles. The van der Waals surface area contributed by atoms with Gasteiger partial charge in [0.05, 0.1) is 19.8 Å². The summed E-state index contributed by atoms with van der Waals surface area (Å²) in [6, 6.07) is 11.0. The lowest BCUT2D eigenvalue weighted by atomic mass is 9.93. The lowest BCUT2D eigenvalue weighted by molar-refractivity contribution is -0.249. The van der Waals surface area contributed by atoms with Crippen molar-refractivity contribution in [1.82, 2.24) is 0 Å². The van der Waals surface area contributed by atoms with E-state index in [0.717, 1.165) is 25.0 Å². The van der Waals surface area contributed by atoms with Gasteiger partial charge in [0, 0.05) is 11.5 Å². The van der Waals surface area contributed by atoms with E-state index < -0.39 is 11.6 Å². The average Bonchev–Trinajstić information content (AvgIpc) is 2.83. The Hall–Kier alpha value is -1.82. The SMILES string of the molecule is CCCc1ccc(-c2ccc(C3COC(C4CCC(CCC)CO4)OC3)cc2)c(F)c1F. The van der Waals surface area contributed by atoms with Crippen LogP contribution in [-0.4, -0.2) is 32.2 Å². The second-order valence-electron chi connectivity index (χ2n) is 9.11. The molecule has 2 unspecified atom stereocenters. The van der Waals surface area contributed by atoms with Gasteiger partial charge in [-0.25, -0.2) is 8.78 Å². The van der Waals surface area contributed by atoms with Crippen molar-refractivity contribution in [3.05, 3.63) is 59.2 Å². The molecule has 2 aliphatic rings. The number of ether oxygens (including phenoxy) is 3. The van der Waals surface area contributed by atoms with Crippen molar-refractivity contribution >= 4 is 0 Å². The highest BCUT2D eigenvalue weighted by molar-refractivity contribution is 5.65.